The van der Waals surface area contributed by atoms with Crippen LogP contribution in [0.3, 0.4) is 0 Å². The Labute approximate surface area is 77.9 Å². The predicted molar refractivity (Wildman–Crippen MR) is 51.5 cm³/mol. The van der Waals surface area contributed by atoms with Gasteiger partial charge in [-0.2, -0.15) is 0 Å². The molecule has 13 heavy (non-hydrogen) atoms. The molecule has 0 bridgehead atoms. The van der Waals surface area contributed by atoms with Gasteiger partial charge < -0.3 is 10.5 Å². The summed E-state index contributed by atoms with van der Waals surface area (Å²) in [4.78, 5) is 4.06. The molecule has 70 valence electrons. The molecule has 1 aromatic rings. The highest BCUT2D eigenvalue weighted by atomic mass is 16.5. The van der Waals surface area contributed by atoms with Crippen LogP contribution >= 0.6 is 0 Å². The van der Waals surface area contributed by atoms with Gasteiger partial charge in [0.1, 0.15) is 0 Å². The third-order valence-corrected chi connectivity index (χ3v) is 2.48. The lowest BCUT2D eigenvalue weighted by Crippen LogP contribution is -2.19. The quantitative estimate of drug-likeness (QED) is 0.768. The zero-order valence-electron chi connectivity index (χ0n) is 7.57. The summed E-state index contributed by atoms with van der Waals surface area (Å²) >= 11 is 0. The molecule has 0 aliphatic heterocycles. The first-order valence-electron chi connectivity index (χ1n) is 4.69. The molecule has 1 aromatic heterocycles. The Morgan fingerprint density at radius 1 is 1.54 bits per heavy atom. The third kappa shape index (κ3) is 1.91. The van der Waals surface area contributed by atoms with Crippen molar-refractivity contribution in [1.82, 2.24) is 4.98 Å². The van der Waals surface area contributed by atoms with E-state index in [0.717, 1.165) is 12.5 Å². The van der Waals surface area contributed by atoms with Crippen LogP contribution in [-0.2, 0) is 0 Å². The molecular formula is C10H14N2O. The summed E-state index contributed by atoms with van der Waals surface area (Å²) in [5.74, 6) is 1.30. The summed E-state index contributed by atoms with van der Waals surface area (Å²) in [5.41, 5.74) is 6.31. The molecule has 1 heterocycles. The monoisotopic (exact) mass is 178 g/mol. The normalized spacial score (nSPS) is 16.6. The molecule has 1 aliphatic rings. The summed E-state index contributed by atoms with van der Waals surface area (Å²) in [6.07, 6.45) is 5.61. The van der Waals surface area contributed by atoms with Crippen LogP contribution in [-0.4, -0.2) is 11.6 Å². The Balaban J connectivity index is 1.89. The van der Waals surface area contributed by atoms with Crippen LogP contribution in [0.2, 0.25) is 0 Å². The van der Waals surface area contributed by atoms with Crippen molar-refractivity contribution in [3.8, 4) is 5.88 Å². The van der Waals surface area contributed by atoms with E-state index in [4.69, 9.17) is 10.5 Å². The van der Waals surface area contributed by atoms with Crippen LogP contribution < -0.4 is 10.5 Å². The number of rotatable bonds is 3. The number of nitrogens with zero attached hydrogens (tertiary/aromatic N) is 1. The average molecular weight is 178 g/mol. The molecule has 0 aromatic carbocycles. The lowest BCUT2D eigenvalue weighted by Gasteiger charge is -2.24. The van der Waals surface area contributed by atoms with E-state index in [1.165, 1.54) is 19.3 Å². The Bertz CT molecular complexity index is 284. The van der Waals surface area contributed by atoms with Crippen molar-refractivity contribution in [3.63, 3.8) is 0 Å². The lowest BCUT2D eigenvalue weighted by molar-refractivity contribution is 0.176. The molecule has 0 spiro atoms. The Kier molecular flexibility index (Phi) is 2.34. The van der Waals surface area contributed by atoms with Crippen LogP contribution in [0.25, 0.3) is 0 Å². The lowest BCUT2D eigenvalue weighted by atomic mass is 9.86. The van der Waals surface area contributed by atoms with Crippen LogP contribution in [0, 0.1) is 5.92 Å². The molecule has 0 amide bonds. The number of ether oxygens (including phenoxy) is 1. The maximum absolute atomic E-state index is 5.68. The number of nitrogens with two attached hydrogens (primary N) is 1. The van der Waals surface area contributed by atoms with Crippen LogP contribution in [0.15, 0.2) is 18.3 Å². The molecule has 1 fully saturated rings. The van der Waals surface area contributed by atoms with Crippen LogP contribution in [0.5, 0.6) is 5.88 Å². The van der Waals surface area contributed by atoms with Gasteiger partial charge in [0.2, 0.25) is 5.88 Å². The second kappa shape index (κ2) is 3.64. The fourth-order valence-corrected chi connectivity index (χ4v) is 1.38. The summed E-state index contributed by atoms with van der Waals surface area (Å²) < 4.78 is 5.50. The SMILES string of the molecule is Nc1cccnc1OCC1CCC1. The first-order chi connectivity index (χ1) is 6.36. The van der Waals surface area contributed by atoms with Crippen molar-refractivity contribution < 1.29 is 4.74 Å². The third-order valence-electron chi connectivity index (χ3n) is 2.48. The van der Waals surface area contributed by atoms with Gasteiger partial charge in [0.15, 0.2) is 0 Å². The zero-order chi connectivity index (χ0) is 9.10. The first-order valence-corrected chi connectivity index (χ1v) is 4.69. The fourth-order valence-electron chi connectivity index (χ4n) is 1.38. The van der Waals surface area contributed by atoms with E-state index >= 15 is 0 Å². The molecule has 1 saturated carbocycles. The summed E-state index contributed by atoms with van der Waals surface area (Å²) in [5, 5.41) is 0. The van der Waals surface area contributed by atoms with Crippen molar-refractivity contribution >= 4 is 5.69 Å². The molecule has 3 nitrogen and oxygen atoms in total. The molecule has 1 aliphatic carbocycles. The highest BCUT2D eigenvalue weighted by Crippen LogP contribution is 2.27. The van der Waals surface area contributed by atoms with Crippen molar-refractivity contribution in [2.75, 3.05) is 12.3 Å². The second-order valence-corrected chi connectivity index (χ2v) is 3.51. The molecule has 0 saturated heterocycles. The van der Waals surface area contributed by atoms with Crippen molar-refractivity contribution in [2.45, 2.75) is 19.3 Å². The van der Waals surface area contributed by atoms with E-state index in [9.17, 15) is 0 Å². The Morgan fingerprint density at radius 2 is 2.38 bits per heavy atom. The predicted octanol–water partition coefficient (Wildman–Crippen LogP) is 1.84. The van der Waals surface area contributed by atoms with E-state index in [2.05, 4.69) is 4.98 Å². The number of hydrogen-bond donors (Lipinski definition) is 1. The topological polar surface area (TPSA) is 48.1 Å². The number of aromatic nitrogens is 1. The molecular weight excluding hydrogens is 164 g/mol. The highest BCUT2D eigenvalue weighted by Gasteiger charge is 2.18. The standard InChI is InChI=1S/C10H14N2O/c11-9-5-2-6-12-10(9)13-7-8-3-1-4-8/h2,5-6,8H,1,3-4,7,11H2. The van der Waals surface area contributed by atoms with Gasteiger partial charge in [-0.05, 0) is 30.9 Å². The largest absolute Gasteiger partial charge is 0.476 e. The maximum Gasteiger partial charge on any atom is 0.237 e. The van der Waals surface area contributed by atoms with E-state index in [-0.39, 0.29) is 0 Å². The van der Waals surface area contributed by atoms with Gasteiger partial charge in [-0.1, -0.05) is 6.42 Å². The first kappa shape index (κ1) is 8.35. The molecule has 0 radical (unpaired) electrons. The van der Waals surface area contributed by atoms with Crippen molar-refractivity contribution in [3.05, 3.63) is 18.3 Å². The Hall–Kier alpha value is -1.25. The van der Waals surface area contributed by atoms with Gasteiger partial charge in [0.05, 0.1) is 12.3 Å². The number of nitrogen functional groups attached to an aromatic ring is 1. The Morgan fingerprint density at radius 3 is 3.00 bits per heavy atom. The molecule has 0 atom stereocenters. The minimum absolute atomic E-state index is 0.578. The maximum atomic E-state index is 5.68. The molecule has 0 unspecified atom stereocenters. The van der Waals surface area contributed by atoms with Crippen LogP contribution in [0.1, 0.15) is 19.3 Å². The zero-order valence-corrected chi connectivity index (χ0v) is 7.57. The van der Waals surface area contributed by atoms with Crippen molar-refractivity contribution in [1.29, 1.82) is 0 Å². The highest BCUT2D eigenvalue weighted by molar-refractivity contribution is 5.46. The minimum atomic E-state index is 0.578. The van der Waals surface area contributed by atoms with Gasteiger partial charge in [0, 0.05) is 6.20 Å². The summed E-state index contributed by atoms with van der Waals surface area (Å²) in [6, 6.07) is 3.62. The van der Waals surface area contributed by atoms with E-state index < -0.39 is 0 Å². The van der Waals surface area contributed by atoms with E-state index in [1.807, 2.05) is 12.1 Å². The van der Waals surface area contributed by atoms with Crippen molar-refractivity contribution in [2.24, 2.45) is 5.92 Å². The summed E-state index contributed by atoms with van der Waals surface area (Å²) in [6.45, 7) is 0.765. The van der Waals surface area contributed by atoms with Gasteiger partial charge in [-0.15, -0.1) is 0 Å². The van der Waals surface area contributed by atoms with Gasteiger partial charge >= 0.3 is 0 Å². The molecule has 3 heteroatoms. The van der Waals surface area contributed by atoms with Gasteiger partial charge in [-0.3, -0.25) is 0 Å². The minimum Gasteiger partial charge on any atom is -0.476 e. The number of anilines is 1. The van der Waals surface area contributed by atoms with Gasteiger partial charge in [-0.25, -0.2) is 4.98 Å². The van der Waals surface area contributed by atoms with E-state index in [0.29, 0.717) is 11.6 Å². The molecule has 2 N–H and O–H groups in total. The number of hydrogen-bond acceptors (Lipinski definition) is 3. The van der Waals surface area contributed by atoms with Gasteiger partial charge in [0.25, 0.3) is 0 Å². The fraction of sp³-hybridized carbons (Fsp3) is 0.500. The molecule has 2 rings (SSSR count). The summed E-state index contributed by atoms with van der Waals surface area (Å²) in [7, 11) is 0. The number of pyridine rings is 1. The van der Waals surface area contributed by atoms with Crippen LogP contribution in [0.4, 0.5) is 5.69 Å². The van der Waals surface area contributed by atoms with E-state index in [1.54, 1.807) is 6.20 Å². The average Bonchev–Trinajstić information content (AvgIpc) is 2.05. The smallest absolute Gasteiger partial charge is 0.237 e. The second-order valence-electron chi connectivity index (χ2n) is 3.51.